The number of fused-ring (bicyclic) bond motifs is 2. The minimum absolute atomic E-state index is 0.528. The molecule has 2 heteroatoms. The number of rotatable bonds is 10. The van der Waals surface area contributed by atoms with Gasteiger partial charge in [0.25, 0.3) is 0 Å². The quantitative estimate of drug-likeness (QED) is 0.139. The van der Waals surface area contributed by atoms with Crippen LogP contribution in [0.5, 0.6) is 11.5 Å². The van der Waals surface area contributed by atoms with Gasteiger partial charge in [0.15, 0.2) is 0 Å². The third kappa shape index (κ3) is 7.94. The van der Waals surface area contributed by atoms with Gasteiger partial charge in [0.05, 0.1) is 0 Å². The topological polar surface area (TPSA) is 18.5 Å². The van der Waals surface area contributed by atoms with E-state index in [1.807, 2.05) is 0 Å². The van der Waals surface area contributed by atoms with Gasteiger partial charge in [-0.25, -0.2) is 0 Å². The van der Waals surface area contributed by atoms with Crippen LogP contribution in [0, 0.1) is 12.8 Å². The fourth-order valence-electron chi connectivity index (χ4n) is 9.60. The summed E-state index contributed by atoms with van der Waals surface area (Å²) in [5.41, 5.74) is 18.6. The predicted molar refractivity (Wildman–Crippen MR) is 233 cm³/mol. The van der Waals surface area contributed by atoms with Crippen molar-refractivity contribution in [1.82, 2.24) is 0 Å². The van der Waals surface area contributed by atoms with Crippen molar-refractivity contribution in [2.75, 3.05) is 0 Å². The van der Waals surface area contributed by atoms with Crippen LogP contribution in [0.25, 0.3) is 33.4 Å². The Morgan fingerprint density at radius 1 is 0.446 bits per heavy atom. The van der Waals surface area contributed by atoms with E-state index in [0.717, 1.165) is 49.0 Å². The molecule has 0 bridgehead atoms. The average Bonchev–Trinajstić information content (AvgIpc) is 3.25. The Kier molecular flexibility index (Phi) is 10.8. The number of hydrogen-bond acceptors (Lipinski definition) is 2. The van der Waals surface area contributed by atoms with E-state index in [2.05, 4.69) is 135 Å². The molecule has 0 heterocycles. The summed E-state index contributed by atoms with van der Waals surface area (Å²) in [6.45, 7) is 5.59. The lowest BCUT2D eigenvalue weighted by molar-refractivity contribution is 0.302. The molecule has 0 aromatic heterocycles. The molecule has 3 aliphatic rings. The summed E-state index contributed by atoms with van der Waals surface area (Å²) in [5.74, 6) is 3.56. The molecule has 3 aliphatic carbocycles. The van der Waals surface area contributed by atoms with E-state index < -0.39 is 0 Å². The molecule has 6 aromatic carbocycles. The molecule has 56 heavy (non-hydrogen) atoms. The first-order valence-corrected chi connectivity index (χ1v) is 21.5. The van der Waals surface area contributed by atoms with Crippen LogP contribution in [0.1, 0.15) is 109 Å². The summed E-state index contributed by atoms with van der Waals surface area (Å²) in [5, 5.41) is 0. The second-order valence-electron chi connectivity index (χ2n) is 17.0. The van der Waals surface area contributed by atoms with Crippen molar-refractivity contribution >= 4 is 0 Å². The van der Waals surface area contributed by atoms with Crippen molar-refractivity contribution in [3.8, 4) is 44.9 Å². The molecular formula is C54H56O2. The van der Waals surface area contributed by atoms with Crippen molar-refractivity contribution in [2.24, 2.45) is 5.92 Å². The van der Waals surface area contributed by atoms with E-state index in [1.54, 1.807) is 0 Å². The summed E-state index contributed by atoms with van der Waals surface area (Å²) < 4.78 is 13.8. The maximum absolute atomic E-state index is 6.90. The van der Waals surface area contributed by atoms with E-state index >= 15 is 0 Å². The summed E-state index contributed by atoms with van der Waals surface area (Å²) in [6, 6.07) is 45.2. The van der Waals surface area contributed by atoms with E-state index in [9.17, 15) is 0 Å². The first-order valence-electron chi connectivity index (χ1n) is 21.5. The lowest BCUT2D eigenvalue weighted by Crippen LogP contribution is -2.11. The maximum atomic E-state index is 6.90. The van der Waals surface area contributed by atoms with Gasteiger partial charge in [-0.05, 0) is 156 Å². The zero-order chi connectivity index (χ0) is 37.8. The van der Waals surface area contributed by atoms with Gasteiger partial charge < -0.3 is 9.47 Å². The highest BCUT2D eigenvalue weighted by molar-refractivity contribution is 5.84. The third-order valence-electron chi connectivity index (χ3n) is 13.1. The molecule has 0 N–H and O–H groups in total. The summed E-state index contributed by atoms with van der Waals surface area (Å²) in [7, 11) is 0. The number of benzene rings is 6. The summed E-state index contributed by atoms with van der Waals surface area (Å²) in [4.78, 5) is 0. The Morgan fingerprint density at radius 3 is 1.32 bits per heavy atom. The molecule has 1 saturated carbocycles. The molecular weight excluding hydrogens is 681 g/mol. The molecule has 9 rings (SSSR count). The smallest absolute Gasteiger partial charge is 0.128 e. The molecule has 6 aromatic rings. The standard InChI is InChI=1S/C54H56O2/c1-37-11-19-41(20-12-37)43-23-15-39(16-24-43)35-55-51-33-31-47-7-3-5-9-49(47)53(51)54-50-10-6-4-8-48(50)32-34-52(54)56-36-40-17-25-44(26-18-40)46-29-27-45(28-30-46)42-21-13-38(2)14-22-42/h11-12,15-20,23-34,38,42H,3-10,13-14,21-22,35-36H2,1-2H3. The van der Waals surface area contributed by atoms with Gasteiger partial charge in [0, 0.05) is 11.1 Å². The van der Waals surface area contributed by atoms with Gasteiger partial charge in [-0.1, -0.05) is 135 Å². The third-order valence-corrected chi connectivity index (χ3v) is 13.1. The molecule has 284 valence electrons. The van der Waals surface area contributed by atoms with Crippen molar-refractivity contribution in [3.05, 3.63) is 166 Å². The first-order chi connectivity index (χ1) is 27.6. The maximum Gasteiger partial charge on any atom is 0.128 e. The summed E-state index contributed by atoms with van der Waals surface area (Å²) in [6.07, 6.45) is 14.7. The monoisotopic (exact) mass is 736 g/mol. The van der Waals surface area contributed by atoms with Gasteiger partial charge in [0.1, 0.15) is 24.7 Å². The molecule has 0 saturated heterocycles. The van der Waals surface area contributed by atoms with Crippen LogP contribution in [0.3, 0.4) is 0 Å². The zero-order valence-electron chi connectivity index (χ0n) is 33.4. The fraction of sp³-hybridized carbons (Fsp3) is 0.333. The van der Waals surface area contributed by atoms with E-state index in [0.29, 0.717) is 13.2 Å². The second-order valence-corrected chi connectivity index (χ2v) is 17.0. The lowest BCUT2D eigenvalue weighted by atomic mass is 9.79. The van der Waals surface area contributed by atoms with Crippen LogP contribution in [0.15, 0.2) is 121 Å². The van der Waals surface area contributed by atoms with Crippen LogP contribution in [0.2, 0.25) is 0 Å². The van der Waals surface area contributed by atoms with Gasteiger partial charge in [-0.15, -0.1) is 0 Å². The second kappa shape index (κ2) is 16.6. The SMILES string of the molecule is Cc1ccc(-c2ccc(COc3ccc4c(c3-c3c(OCc5ccc(-c6ccc(C7CCC(C)CC7)cc6)cc5)ccc5c3CCCC5)CCCC4)cc2)cc1. The van der Waals surface area contributed by atoms with Crippen LogP contribution >= 0.6 is 0 Å². The van der Waals surface area contributed by atoms with Gasteiger partial charge >= 0.3 is 0 Å². The Balaban J connectivity index is 0.973. The molecule has 2 nitrogen and oxygen atoms in total. The highest BCUT2D eigenvalue weighted by Crippen LogP contribution is 2.47. The van der Waals surface area contributed by atoms with Crippen LogP contribution in [-0.4, -0.2) is 0 Å². The van der Waals surface area contributed by atoms with Gasteiger partial charge in [-0.3, -0.25) is 0 Å². The highest BCUT2D eigenvalue weighted by atomic mass is 16.5. The first kappa shape index (κ1) is 36.6. The summed E-state index contributed by atoms with van der Waals surface area (Å²) >= 11 is 0. The van der Waals surface area contributed by atoms with Crippen LogP contribution in [-0.2, 0) is 38.9 Å². The highest BCUT2D eigenvalue weighted by Gasteiger charge is 2.27. The molecule has 0 radical (unpaired) electrons. The van der Waals surface area contributed by atoms with Gasteiger partial charge in [0.2, 0.25) is 0 Å². The van der Waals surface area contributed by atoms with Crippen LogP contribution < -0.4 is 9.47 Å². The predicted octanol–water partition coefficient (Wildman–Crippen LogP) is 14.2. The Morgan fingerprint density at radius 2 is 0.857 bits per heavy atom. The Labute approximate surface area is 334 Å². The van der Waals surface area contributed by atoms with Gasteiger partial charge in [-0.2, -0.15) is 0 Å². The normalized spacial score (nSPS) is 17.8. The minimum atomic E-state index is 0.528. The largest absolute Gasteiger partial charge is 0.488 e. The molecule has 1 fully saturated rings. The Hall–Kier alpha value is -5.08. The van der Waals surface area contributed by atoms with E-state index in [1.165, 1.54) is 129 Å². The molecule has 0 aliphatic heterocycles. The molecule has 0 unspecified atom stereocenters. The van der Waals surface area contributed by atoms with Crippen molar-refractivity contribution in [1.29, 1.82) is 0 Å². The number of ether oxygens (including phenoxy) is 2. The lowest BCUT2D eigenvalue weighted by Gasteiger charge is -2.28. The van der Waals surface area contributed by atoms with E-state index in [4.69, 9.17) is 9.47 Å². The van der Waals surface area contributed by atoms with Crippen molar-refractivity contribution in [3.63, 3.8) is 0 Å². The zero-order valence-corrected chi connectivity index (χ0v) is 33.4. The Bertz CT molecular complexity index is 2250. The van der Waals surface area contributed by atoms with Crippen molar-refractivity contribution < 1.29 is 9.47 Å². The molecule has 0 amide bonds. The number of aryl methyl sites for hydroxylation is 3. The molecule has 0 atom stereocenters. The van der Waals surface area contributed by atoms with E-state index in [-0.39, 0.29) is 0 Å². The van der Waals surface area contributed by atoms with Crippen molar-refractivity contribution in [2.45, 2.75) is 110 Å². The average molecular weight is 737 g/mol. The fourth-order valence-corrected chi connectivity index (χ4v) is 9.60. The van der Waals surface area contributed by atoms with Crippen LogP contribution in [0.4, 0.5) is 0 Å². The number of hydrogen-bond donors (Lipinski definition) is 0. The molecule has 0 spiro atoms. The minimum Gasteiger partial charge on any atom is -0.488 e.